The van der Waals surface area contributed by atoms with E-state index in [0.717, 1.165) is 38.9 Å². The van der Waals surface area contributed by atoms with E-state index in [1.807, 2.05) is 84.9 Å². The van der Waals surface area contributed by atoms with E-state index < -0.39 is 11.2 Å². The zero-order valence-corrected chi connectivity index (χ0v) is 32.9. The summed E-state index contributed by atoms with van der Waals surface area (Å²) in [6.07, 6.45) is 0. The quantitative estimate of drug-likeness (QED) is 0.165. The first kappa shape index (κ1) is 36.1. The molecule has 0 saturated carbocycles. The van der Waals surface area contributed by atoms with Gasteiger partial charge in [0.1, 0.15) is 34.5 Å². The van der Waals surface area contributed by atoms with Crippen LogP contribution in [-0.2, 0) is 31.5 Å². The second kappa shape index (κ2) is 12.5. The summed E-state index contributed by atoms with van der Waals surface area (Å²) in [6, 6.07) is 37.8. The fourth-order valence-corrected chi connectivity index (χ4v) is 8.38. The van der Waals surface area contributed by atoms with E-state index in [0.29, 0.717) is 45.4 Å². The number of carbonyl (C=O) groups excluding carboxylic acids is 2. The van der Waals surface area contributed by atoms with Gasteiger partial charge in [0, 0.05) is 45.5 Å². The fraction of sp³-hybridized carbons (Fsp3) is 0.224. The minimum absolute atomic E-state index is 0.0372. The maximum Gasteiger partial charge on any atom is 0.340 e. The smallest absolute Gasteiger partial charge is 0.340 e. The first-order valence-electron chi connectivity index (χ1n) is 19.0. The lowest BCUT2D eigenvalue weighted by Crippen LogP contribution is -2.33. The Balaban J connectivity index is 0.000000148. The lowest BCUT2D eigenvalue weighted by atomic mass is 9.76. The summed E-state index contributed by atoms with van der Waals surface area (Å²) in [4.78, 5) is 25.6. The molecule has 2 atom stereocenters. The predicted molar refractivity (Wildman–Crippen MR) is 215 cm³/mol. The Kier molecular flexibility index (Phi) is 7.91. The zero-order valence-electron chi connectivity index (χ0n) is 32.9. The van der Waals surface area contributed by atoms with Crippen molar-refractivity contribution in [2.75, 3.05) is 7.11 Å². The van der Waals surface area contributed by atoms with E-state index in [4.69, 9.17) is 23.7 Å². The van der Waals surface area contributed by atoms with Gasteiger partial charge >= 0.3 is 11.9 Å². The van der Waals surface area contributed by atoms with E-state index in [1.54, 1.807) is 31.4 Å². The highest BCUT2D eigenvalue weighted by molar-refractivity contribution is 5.98. The van der Waals surface area contributed by atoms with Crippen LogP contribution in [0.2, 0.25) is 0 Å². The summed E-state index contributed by atoms with van der Waals surface area (Å²) >= 11 is 0. The highest BCUT2D eigenvalue weighted by atomic mass is 16.6. The van der Waals surface area contributed by atoms with Crippen molar-refractivity contribution in [3.8, 4) is 34.5 Å². The van der Waals surface area contributed by atoms with Crippen molar-refractivity contribution in [3.63, 3.8) is 0 Å². The predicted octanol–water partition coefficient (Wildman–Crippen LogP) is 10.8. The molecule has 286 valence electrons. The van der Waals surface area contributed by atoms with Gasteiger partial charge in [0.05, 0.1) is 18.2 Å². The third-order valence-electron chi connectivity index (χ3n) is 11.4. The molecule has 8 heteroatoms. The summed E-state index contributed by atoms with van der Waals surface area (Å²) in [6.45, 7) is 12.9. The molecule has 4 heterocycles. The number of hydrogen-bond donors (Lipinski definition) is 1. The Hall–Kier alpha value is -6.54. The van der Waals surface area contributed by atoms with Gasteiger partial charge < -0.3 is 28.8 Å². The Bertz CT molecular complexity index is 2660. The molecule has 4 aliphatic rings. The monoisotopic (exact) mass is 758 g/mol. The van der Waals surface area contributed by atoms with Gasteiger partial charge in [0.2, 0.25) is 0 Å². The van der Waals surface area contributed by atoms with Gasteiger partial charge in [-0.25, -0.2) is 9.59 Å². The molecule has 1 N–H and O–H groups in total. The van der Waals surface area contributed by atoms with Crippen LogP contribution in [0.4, 0.5) is 0 Å². The third kappa shape index (κ3) is 5.41. The SMILES string of the molecule is CC(C)(C)c1ccc2c(c1)Oc1cc(O)ccc1C21OC(=O)c2ccccc21.COc1ccc2c(c1)Oc1cc(C(C)(C)C)ccc1C21OC(=O)c2ccccc21. The normalized spacial score (nSPS) is 19.3. The molecule has 6 aromatic carbocycles. The third-order valence-corrected chi connectivity index (χ3v) is 11.4. The number of ether oxygens (including phenoxy) is 5. The Morgan fingerprint density at radius 1 is 0.491 bits per heavy atom. The zero-order chi connectivity index (χ0) is 40.1. The van der Waals surface area contributed by atoms with E-state index in [1.165, 1.54) is 0 Å². The number of methoxy groups -OCH3 is 1. The first-order chi connectivity index (χ1) is 27.1. The van der Waals surface area contributed by atoms with Crippen molar-refractivity contribution in [2.45, 2.75) is 63.6 Å². The van der Waals surface area contributed by atoms with Crippen LogP contribution in [0.15, 0.2) is 121 Å². The van der Waals surface area contributed by atoms with E-state index >= 15 is 0 Å². The number of phenols is 1. The molecule has 57 heavy (non-hydrogen) atoms. The summed E-state index contributed by atoms with van der Waals surface area (Å²) in [5, 5.41) is 10.0. The Morgan fingerprint density at radius 2 is 0.895 bits per heavy atom. The van der Waals surface area contributed by atoms with E-state index in [-0.39, 0.29) is 28.5 Å². The van der Waals surface area contributed by atoms with Crippen LogP contribution < -0.4 is 14.2 Å². The Labute approximate surface area is 331 Å². The van der Waals surface area contributed by atoms with Gasteiger partial charge in [-0.2, -0.15) is 0 Å². The molecule has 8 nitrogen and oxygen atoms in total. The first-order valence-corrected chi connectivity index (χ1v) is 19.0. The molecular formula is C49H42O8. The van der Waals surface area contributed by atoms with Gasteiger partial charge in [0.15, 0.2) is 11.2 Å². The molecule has 0 amide bonds. The number of rotatable bonds is 1. The lowest BCUT2D eigenvalue weighted by molar-refractivity contribution is 0.0214. The van der Waals surface area contributed by atoms with Crippen LogP contribution in [0.5, 0.6) is 34.5 Å². The van der Waals surface area contributed by atoms with Crippen LogP contribution in [-0.4, -0.2) is 24.2 Å². The molecule has 0 bridgehead atoms. The summed E-state index contributed by atoms with van der Waals surface area (Å²) in [5.74, 6) is 2.56. The van der Waals surface area contributed by atoms with E-state index in [9.17, 15) is 14.7 Å². The molecule has 4 aliphatic heterocycles. The molecule has 2 spiro atoms. The molecule has 6 aromatic rings. The Morgan fingerprint density at radius 3 is 1.35 bits per heavy atom. The van der Waals surface area contributed by atoms with Gasteiger partial charge in [-0.3, -0.25) is 0 Å². The van der Waals surface area contributed by atoms with Crippen molar-refractivity contribution < 1.29 is 38.4 Å². The molecule has 10 rings (SSSR count). The van der Waals surface area contributed by atoms with Gasteiger partial charge in [-0.05, 0) is 70.5 Å². The van der Waals surface area contributed by atoms with Gasteiger partial charge in [0.25, 0.3) is 0 Å². The molecular weight excluding hydrogens is 717 g/mol. The van der Waals surface area contributed by atoms with Crippen LogP contribution in [0.25, 0.3) is 0 Å². The topological polar surface area (TPSA) is 101 Å². The van der Waals surface area contributed by atoms with Crippen LogP contribution >= 0.6 is 0 Å². The van der Waals surface area contributed by atoms with Gasteiger partial charge in [-0.1, -0.05) is 102 Å². The minimum Gasteiger partial charge on any atom is -0.508 e. The minimum atomic E-state index is -1.08. The molecule has 0 aliphatic carbocycles. The van der Waals surface area contributed by atoms with Gasteiger partial charge in [-0.15, -0.1) is 0 Å². The maximum atomic E-state index is 12.8. The molecule has 0 saturated heterocycles. The summed E-state index contributed by atoms with van der Waals surface area (Å²) in [7, 11) is 1.62. The highest BCUT2D eigenvalue weighted by Crippen LogP contribution is 2.58. The fourth-order valence-electron chi connectivity index (χ4n) is 8.38. The maximum absolute atomic E-state index is 12.8. The van der Waals surface area contributed by atoms with Crippen molar-refractivity contribution in [3.05, 3.63) is 177 Å². The standard InChI is InChI=1S/C25H22O4.C24H20O4/c1-24(2,3)15-9-11-19-21(13-15)28-22-14-16(27-4)10-12-20(22)25(19)18-8-6-5-7-17(18)23(26)29-25;1-23(2,3)14-8-10-18-20(12-14)27-21-13-15(25)9-11-19(21)24(18)17-7-5-4-6-16(17)22(26)28-24/h5-14H,1-4H3;4-13,25H,1-3H3. The van der Waals surface area contributed by atoms with Crippen LogP contribution in [0, 0.1) is 0 Å². The highest BCUT2D eigenvalue weighted by Gasteiger charge is 2.55. The summed E-state index contributed by atoms with van der Waals surface area (Å²) < 4.78 is 30.1. The second-order valence-corrected chi connectivity index (χ2v) is 16.9. The van der Waals surface area contributed by atoms with Crippen LogP contribution in [0.1, 0.15) is 107 Å². The van der Waals surface area contributed by atoms with Crippen molar-refractivity contribution in [2.24, 2.45) is 0 Å². The molecule has 2 unspecified atom stereocenters. The molecule has 0 radical (unpaired) electrons. The van der Waals surface area contributed by atoms with Crippen LogP contribution in [0.3, 0.4) is 0 Å². The van der Waals surface area contributed by atoms with Crippen molar-refractivity contribution in [1.82, 2.24) is 0 Å². The van der Waals surface area contributed by atoms with Crippen molar-refractivity contribution in [1.29, 1.82) is 0 Å². The average Bonchev–Trinajstić information content (AvgIpc) is 3.65. The number of phenolic OH excluding ortho intramolecular Hbond substituents is 1. The number of benzene rings is 6. The number of esters is 2. The number of aromatic hydroxyl groups is 1. The largest absolute Gasteiger partial charge is 0.508 e. The number of hydrogen-bond acceptors (Lipinski definition) is 8. The summed E-state index contributed by atoms with van der Waals surface area (Å²) in [5.41, 5.74) is 5.95. The lowest BCUT2D eigenvalue weighted by Gasteiger charge is -2.37. The number of carbonyl (C=O) groups is 2. The average molecular weight is 759 g/mol. The van der Waals surface area contributed by atoms with Crippen molar-refractivity contribution >= 4 is 11.9 Å². The molecule has 0 aromatic heterocycles. The van der Waals surface area contributed by atoms with E-state index in [2.05, 4.69) is 53.7 Å². The molecule has 0 fully saturated rings. The number of fused-ring (bicyclic) bond motifs is 12. The second-order valence-electron chi connectivity index (χ2n) is 16.9.